The van der Waals surface area contributed by atoms with Crippen molar-refractivity contribution in [3.8, 4) is 0 Å². The number of carbonyl (C=O) groups is 2. The van der Waals surface area contributed by atoms with E-state index in [0.29, 0.717) is 18.7 Å². The normalized spacial score (nSPS) is 16.7. The number of methoxy groups -OCH3 is 1. The Morgan fingerprint density at radius 2 is 1.83 bits per heavy atom. The Bertz CT molecular complexity index is 914. The van der Waals surface area contributed by atoms with Crippen molar-refractivity contribution in [3.63, 3.8) is 0 Å². The maximum absolute atomic E-state index is 12.9. The molecule has 2 amide bonds. The third-order valence-electron chi connectivity index (χ3n) is 4.98. The molecule has 5 nitrogen and oxygen atoms in total. The lowest BCUT2D eigenvalue weighted by Gasteiger charge is -2.18. The number of alkyl halides is 3. The highest BCUT2D eigenvalue weighted by molar-refractivity contribution is 5.89. The zero-order valence-electron chi connectivity index (χ0n) is 16.5. The SMILES string of the molecule is COCc1cccc(CNC(=O)C2CC(=O)N(Cc3cccc(C(F)(F)F)c3)C2)c1. The highest BCUT2D eigenvalue weighted by Gasteiger charge is 2.35. The Hall–Kier alpha value is -2.87. The quantitative estimate of drug-likeness (QED) is 0.746. The standard InChI is InChI=1S/C22H23F3N2O3/c1-30-14-17-6-2-4-15(8-17)11-26-21(29)18-10-20(28)27(13-18)12-16-5-3-7-19(9-16)22(23,24)25/h2-9,18H,10-14H2,1H3,(H,26,29). The summed E-state index contributed by atoms with van der Waals surface area (Å²) in [6.45, 7) is 1.04. The molecule has 2 aromatic rings. The lowest BCUT2D eigenvalue weighted by molar-refractivity contribution is -0.137. The number of hydrogen-bond acceptors (Lipinski definition) is 3. The van der Waals surface area contributed by atoms with Gasteiger partial charge in [-0.25, -0.2) is 0 Å². The van der Waals surface area contributed by atoms with Crippen molar-refractivity contribution in [1.29, 1.82) is 0 Å². The van der Waals surface area contributed by atoms with Gasteiger partial charge in [0.25, 0.3) is 0 Å². The molecule has 0 aliphatic carbocycles. The van der Waals surface area contributed by atoms with Crippen LogP contribution in [0.4, 0.5) is 13.2 Å². The van der Waals surface area contributed by atoms with E-state index in [9.17, 15) is 22.8 Å². The maximum Gasteiger partial charge on any atom is 0.416 e. The number of benzene rings is 2. The van der Waals surface area contributed by atoms with Gasteiger partial charge in [0.05, 0.1) is 18.1 Å². The lowest BCUT2D eigenvalue weighted by Crippen LogP contribution is -2.32. The number of halogens is 3. The van der Waals surface area contributed by atoms with Gasteiger partial charge in [-0.15, -0.1) is 0 Å². The monoisotopic (exact) mass is 420 g/mol. The Morgan fingerprint density at radius 1 is 1.13 bits per heavy atom. The number of carbonyl (C=O) groups excluding carboxylic acids is 2. The van der Waals surface area contributed by atoms with Crippen LogP contribution in [-0.4, -0.2) is 30.4 Å². The molecule has 0 radical (unpaired) electrons. The molecule has 8 heteroatoms. The molecule has 0 spiro atoms. The molecule has 0 aromatic heterocycles. The highest BCUT2D eigenvalue weighted by Crippen LogP contribution is 2.30. The first-order valence-corrected chi connectivity index (χ1v) is 9.54. The second kappa shape index (κ2) is 9.30. The average molecular weight is 420 g/mol. The van der Waals surface area contributed by atoms with Crippen LogP contribution in [0.3, 0.4) is 0 Å². The average Bonchev–Trinajstić information content (AvgIpc) is 3.07. The number of likely N-dealkylation sites (tertiary alicyclic amines) is 1. The summed E-state index contributed by atoms with van der Waals surface area (Å²) >= 11 is 0. The van der Waals surface area contributed by atoms with Crippen LogP contribution in [0, 0.1) is 5.92 Å². The summed E-state index contributed by atoms with van der Waals surface area (Å²) < 4.78 is 43.7. The summed E-state index contributed by atoms with van der Waals surface area (Å²) in [6, 6.07) is 12.5. The molecule has 1 N–H and O–H groups in total. The molecule has 1 aliphatic heterocycles. The molecule has 1 aliphatic rings. The van der Waals surface area contributed by atoms with Crippen LogP contribution in [0.5, 0.6) is 0 Å². The van der Waals surface area contributed by atoms with E-state index in [1.165, 1.54) is 11.0 Å². The van der Waals surface area contributed by atoms with Crippen LogP contribution in [0.2, 0.25) is 0 Å². The van der Waals surface area contributed by atoms with Crippen LogP contribution in [0.15, 0.2) is 48.5 Å². The van der Waals surface area contributed by atoms with Gasteiger partial charge < -0.3 is 15.0 Å². The topological polar surface area (TPSA) is 58.6 Å². The molecule has 160 valence electrons. The van der Waals surface area contributed by atoms with E-state index in [1.54, 1.807) is 13.2 Å². The summed E-state index contributed by atoms with van der Waals surface area (Å²) in [7, 11) is 1.61. The predicted octanol–water partition coefficient (Wildman–Crippen LogP) is 3.52. The van der Waals surface area contributed by atoms with E-state index < -0.39 is 17.7 Å². The Kier molecular flexibility index (Phi) is 6.77. The van der Waals surface area contributed by atoms with Crippen molar-refractivity contribution in [2.24, 2.45) is 5.92 Å². The molecular weight excluding hydrogens is 397 g/mol. The van der Waals surface area contributed by atoms with Crippen LogP contribution >= 0.6 is 0 Å². The summed E-state index contributed by atoms with van der Waals surface area (Å²) in [5.74, 6) is -1.01. The van der Waals surface area contributed by atoms with Gasteiger partial charge in [-0.2, -0.15) is 13.2 Å². The van der Waals surface area contributed by atoms with Gasteiger partial charge in [-0.05, 0) is 28.8 Å². The number of nitrogens with zero attached hydrogens (tertiary/aromatic N) is 1. The van der Waals surface area contributed by atoms with Crippen molar-refractivity contribution in [3.05, 3.63) is 70.8 Å². The molecule has 1 heterocycles. The highest BCUT2D eigenvalue weighted by atomic mass is 19.4. The van der Waals surface area contributed by atoms with Crippen molar-refractivity contribution in [2.75, 3.05) is 13.7 Å². The molecule has 0 saturated carbocycles. The predicted molar refractivity (Wildman–Crippen MR) is 104 cm³/mol. The third kappa shape index (κ3) is 5.60. The van der Waals surface area contributed by atoms with Crippen LogP contribution in [-0.2, 0) is 40.2 Å². The zero-order chi connectivity index (χ0) is 21.7. The fraction of sp³-hybridized carbons (Fsp3) is 0.364. The van der Waals surface area contributed by atoms with E-state index in [0.717, 1.165) is 23.3 Å². The molecule has 1 atom stereocenters. The van der Waals surface area contributed by atoms with Crippen molar-refractivity contribution in [1.82, 2.24) is 10.2 Å². The Balaban J connectivity index is 1.56. The molecule has 2 aromatic carbocycles. The molecule has 0 bridgehead atoms. The van der Waals surface area contributed by atoms with Gasteiger partial charge in [0.15, 0.2) is 0 Å². The molecule has 1 fully saturated rings. The minimum atomic E-state index is -4.44. The van der Waals surface area contributed by atoms with Gasteiger partial charge in [-0.1, -0.05) is 36.4 Å². The van der Waals surface area contributed by atoms with Crippen molar-refractivity contribution in [2.45, 2.75) is 32.3 Å². The maximum atomic E-state index is 12.9. The first-order chi connectivity index (χ1) is 14.3. The largest absolute Gasteiger partial charge is 0.416 e. The smallest absolute Gasteiger partial charge is 0.380 e. The van der Waals surface area contributed by atoms with Crippen LogP contribution < -0.4 is 5.32 Å². The van der Waals surface area contributed by atoms with Gasteiger partial charge in [0.1, 0.15) is 0 Å². The molecular formula is C22H23F3N2O3. The fourth-order valence-electron chi connectivity index (χ4n) is 3.50. The summed E-state index contributed by atoms with van der Waals surface area (Å²) in [6.07, 6.45) is -4.39. The number of nitrogens with one attached hydrogen (secondary N) is 1. The first-order valence-electron chi connectivity index (χ1n) is 9.54. The van der Waals surface area contributed by atoms with Crippen LogP contribution in [0.1, 0.15) is 28.7 Å². The Morgan fingerprint density at radius 3 is 2.57 bits per heavy atom. The second-order valence-electron chi connectivity index (χ2n) is 7.34. The minimum Gasteiger partial charge on any atom is -0.380 e. The fourth-order valence-corrected chi connectivity index (χ4v) is 3.50. The van der Waals surface area contributed by atoms with E-state index in [2.05, 4.69) is 5.32 Å². The van der Waals surface area contributed by atoms with E-state index >= 15 is 0 Å². The van der Waals surface area contributed by atoms with E-state index in [1.807, 2.05) is 24.3 Å². The minimum absolute atomic E-state index is 0.0472. The molecule has 3 rings (SSSR count). The van der Waals surface area contributed by atoms with Gasteiger partial charge in [0, 0.05) is 33.2 Å². The van der Waals surface area contributed by atoms with E-state index in [-0.39, 0.29) is 31.3 Å². The summed E-state index contributed by atoms with van der Waals surface area (Å²) in [4.78, 5) is 26.2. The zero-order valence-corrected chi connectivity index (χ0v) is 16.5. The van der Waals surface area contributed by atoms with Gasteiger partial charge in [0.2, 0.25) is 11.8 Å². The van der Waals surface area contributed by atoms with E-state index in [4.69, 9.17) is 4.74 Å². The molecule has 1 unspecified atom stereocenters. The molecule has 30 heavy (non-hydrogen) atoms. The number of hydrogen-bond donors (Lipinski definition) is 1. The lowest BCUT2D eigenvalue weighted by atomic mass is 10.1. The van der Waals surface area contributed by atoms with Crippen LogP contribution in [0.25, 0.3) is 0 Å². The van der Waals surface area contributed by atoms with Crippen molar-refractivity contribution < 1.29 is 27.5 Å². The Labute approximate surface area is 172 Å². The number of ether oxygens (including phenoxy) is 1. The number of rotatable bonds is 7. The molecule has 1 saturated heterocycles. The van der Waals surface area contributed by atoms with Gasteiger partial charge >= 0.3 is 6.18 Å². The summed E-state index contributed by atoms with van der Waals surface area (Å²) in [5.41, 5.74) is 1.54. The van der Waals surface area contributed by atoms with Crippen molar-refractivity contribution >= 4 is 11.8 Å². The summed E-state index contributed by atoms with van der Waals surface area (Å²) in [5, 5.41) is 2.84. The first kappa shape index (κ1) is 21.8. The second-order valence-corrected chi connectivity index (χ2v) is 7.34. The third-order valence-corrected chi connectivity index (χ3v) is 4.98. The van der Waals surface area contributed by atoms with Gasteiger partial charge in [-0.3, -0.25) is 9.59 Å². The number of amides is 2.